The van der Waals surface area contributed by atoms with Crippen molar-refractivity contribution in [1.82, 2.24) is 14.8 Å². The molecule has 0 aliphatic rings. The minimum atomic E-state index is 0.0143. The smallest absolute Gasteiger partial charge is 0.153 e. The minimum Gasteiger partial charge on any atom is -0.324 e. The first kappa shape index (κ1) is 11.8. The zero-order valence-electron chi connectivity index (χ0n) is 10.5. The van der Waals surface area contributed by atoms with Crippen LogP contribution in [0.25, 0.3) is 5.82 Å². The fourth-order valence-corrected chi connectivity index (χ4v) is 1.58. The van der Waals surface area contributed by atoms with Crippen molar-refractivity contribution in [1.29, 1.82) is 0 Å². The highest BCUT2D eigenvalue weighted by molar-refractivity contribution is 5.26. The largest absolute Gasteiger partial charge is 0.324 e. The zero-order valence-corrected chi connectivity index (χ0v) is 10.5. The van der Waals surface area contributed by atoms with Crippen LogP contribution in [0.5, 0.6) is 0 Å². The van der Waals surface area contributed by atoms with Crippen LogP contribution in [0.15, 0.2) is 30.6 Å². The maximum atomic E-state index is 5.78. The number of rotatable bonds is 3. The van der Waals surface area contributed by atoms with Gasteiger partial charge in [-0.2, -0.15) is 5.10 Å². The highest BCUT2D eigenvalue weighted by atomic mass is 15.3. The second-order valence-electron chi connectivity index (χ2n) is 4.58. The molecule has 0 spiro atoms. The maximum absolute atomic E-state index is 5.78. The lowest BCUT2D eigenvalue weighted by molar-refractivity contribution is 0.753. The van der Waals surface area contributed by atoms with Gasteiger partial charge in [-0.1, -0.05) is 19.9 Å². The Morgan fingerprint density at radius 1 is 1.18 bits per heavy atom. The molecule has 0 amide bonds. The highest BCUT2D eigenvalue weighted by Gasteiger charge is 2.06. The van der Waals surface area contributed by atoms with Gasteiger partial charge >= 0.3 is 0 Å². The zero-order chi connectivity index (χ0) is 12.4. The van der Waals surface area contributed by atoms with Gasteiger partial charge in [-0.25, -0.2) is 9.67 Å². The van der Waals surface area contributed by atoms with Crippen LogP contribution in [-0.4, -0.2) is 14.8 Å². The summed E-state index contributed by atoms with van der Waals surface area (Å²) in [7, 11) is 0. The van der Waals surface area contributed by atoms with E-state index in [1.54, 1.807) is 10.9 Å². The van der Waals surface area contributed by atoms with Crippen molar-refractivity contribution in [2.45, 2.75) is 32.7 Å². The molecule has 2 rings (SSSR count). The standard InChI is InChI=1S/C13H18N4/c1-9(2)12-6-7-17(16-12)13-5-4-11(8-15-13)10(3)14/h4-10H,14H2,1-3H3. The third-order valence-electron chi connectivity index (χ3n) is 2.73. The number of pyridine rings is 1. The summed E-state index contributed by atoms with van der Waals surface area (Å²) in [6.45, 7) is 6.19. The molecule has 0 radical (unpaired) electrons. The van der Waals surface area contributed by atoms with Crippen molar-refractivity contribution >= 4 is 0 Å². The second kappa shape index (κ2) is 4.67. The summed E-state index contributed by atoms with van der Waals surface area (Å²) in [4.78, 5) is 4.36. The first-order valence-corrected chi connectivity index (χ1v) is 5.85. The molecule has 1 unspecified atom stereocenters. The van der Waals surface area contributed by atoms with Gasteiger partial charge in [-0.3, -0.25) is 0 Å². The normalized spacial score (nSPS) is 13.0. The predicted octanol–water partition coefficient (Wildman–Crippen LogP) is 2.41. The molecule has 2 aromatic rings. The monoisotopic (exact) mass is 230 g/mol. The molecule has 0 fully saturated rings. The molecule has 0 saturated heterocycles. The van der Waals surface area contributed by atoms with E-state index in [2.05, 4.69) is 23.9 Å². The summed E-state index contributed by atoms with van der Waals surface area (Å²) >= 11 is 0. The molecular formula is C13H18N4. The summed E-state index contributed by atoms with van der Waals surface area (Å²) in [5, 5.41) is 4.48. The molecule has 2 N–H and O–H groups in total. The van der Waals surface area contributed by atoms with E-state index in [0.29, 0.717) is 5.92 Å². The fourth-order valence-electron chi connectivity index (χ4n) is 1.58. The first-order chi connectivity index (χ1) is 8.08. The molecular weight excluding hydrogens is 212 g/mol. The molecule has 1 atom stereocenters. The van der Waals surface area contributed by atoms with Gasteiger partial charge in [0.2, 0.25) is 0 Å². The Labute approximate surface area is 101 Å². The topological polar surface area (TPSA) is 56.7 Å². The Kier molecular flexibility index (Phi) is 3.24. The Morgan fingerprint density at radius 3 is 2.41 bits per heavy atom. The summed E-state index contributed by atoms with van der Waals surface area (Å²) in [6, 6.07) is 5.96. The van der Waals surface area contributed by atoms with Crippen LogP contribution < -0.4 is 5.73 Å². The summed E-state index contributed by atoms with van der Waals surface area (Å²) < 4.78 is 1.79. The molecule has 17 heavy (non-hydrogen) atoms. The van der Waals surface area contributed by atoms with Crippen molar-refractivity contribution in [3.63, 3.8) is 0 Å². The third-order valence-corrected chi connectivity index (χ3v) is 2.73. The Hall–Kier alpha value is -1.68. The minimum absolute atomic E-state index is 0.0143. The quantitative estimate of drug-likeness (QED) is 0.881. The van der Waals surface area contributed by atoms with Gasteiger partial charge in [0.1, 0.15) is 0 Å². The van der Waals surface area contributed by atoms with Crippen molar-refractivity contribution in [3.8, 4) is 5.82 Å². The van der Waals surface area contributed by atoms with E-state index in [1.807, 2.05) is 31.3 Å². The lowest BCUT2D eigenvalue weighted by atomic mass is 10.1. The number of nitrogens with zero attached hydrogens (tertiary/aromatic N) is 3. The predicted molar refractivity (Wildman–Crippen MR) is 68.1 cm³/mol. The van der Waals surface area contributed by atoms with Crippen molar-refractivity contribution in [2.75, 3.05) is 0 Å². The van der Waals surface area contributed by atoms with Gasteiger partial charge in [0, 0.05) is 18.4 Å². The molecule has 0 aromatic carbocycles. The van der Waals surface area contributed by atoms with Gasteiger partial charge in [-0.05, 0) is 30.5 Å². The van der Waals surface area contributed by atoms with Crippen LogP contribution in [0.4, 0.5) is 0 Å². The number of hydrogen-bond acceptors (Lipinski definition) is 3. The maximum Gasteiger partial charge on any atom is 0.153 e. The number of hydrogen-bond donors (Lipinski definition) is 1. The van der Waals surface area contributed by atoms with Crippen LogP contribution >= 0.6 is 0 Å². The second-order valence-corrected chi connectivity index (χ2v) is 4.58. The van der Waals surface area contributed by atoms with Gasteiger partial charge in [0.05, 0.1) is 5.69 Å². The lowest BCUT2D eigenvalue weighted by Crippen LogP contribution is -2.06. The van der Waals surface area contributed by atoms with Crippen LogP contribution in [0.1, 0.15) is 44.0 Å². The number of aromatic nitrogens is 3. The lowest BCUT2D eigenvalue weighted by Gasteiger charge is -2.06. The molecule has 0 aliphatic heterocycles. The van der Waals surface area contributed by atoms with E-state index in [9.17, 15) is 0 Å². The van der Waals surface area contributed by atoms with Crippen molar-refractivity contribution < 1.29 is 0 Å². The van der Waals surface area contributed by atoms with Gasteiger partial charge < -0.3 is 5.73 Å². The van der Waals surface area contributed by atoms with E-state index >= 15 is 0 Å². The molecule has 90 valence electrons. The summed E-state index contributed by atoms with van der Waals surface area (Å²) in [6.07, 6.45) is 3.74. The van der Waals surface area contributed by atoms with Crippen LogP contribution in [0.3, 0.4) is 0 Å². The Balaban J connectivity index is 2.27. The SMILES string of the molecule is CC(C)c1ccn(-c2ccc(C(C)N)cn2)n1. The summed E-state index contributed by atoms with van der Waals surface area (Å²) in [5.41, 5.74) is 7.89. The average Bonchev–Trinajstić information content (AvgIpc) is 2.78. The van der Waals surface area contributed by atoms with E-state index in [1.165, 1.54) is 0 Å². The molecule has 2 aromatic heterocycles. The molecule has 2 heterocycles. The highest BCUT2D eigenvalue weighted by Crippen LogP contribution is 2.14. The Bertz CT molecular complexity index is 482. The van der Waals surface area contributed by atoms with Crippen molar-refractivity contribution in [3.05, 3.63) is 41.9 Å². The Morgan fingerprint density at radius 2 is 1.94 bits per heavy atom. The fraction of sp³-hybridized carbons (Fsp3) is 0.385. The molecule has 0 bridgehead atoms. The van der Waals surface area contributed by atoms with Crippen molar-refractivity contribution in [2.24, 2.45) is 5.73 Å². The number of nitrogens with two attached hydrogens (primary N) is 1. The third kappa shape index (κ3) is 2.53. The molecule has 0 saturated carbocycles. The average molecular weight is 230 g/mol. The summed E-state index contributed by atoms with van der Waals surface area (Å²) in [5.74, 6) is 1.25. The van der Waals surface area contributed by atoms with E-state index in [4.69, 9.17) is 5.73 Å². The van der Waals surface area contributed by atoms with E-state index in [0.717, 1.165) is 17.1 Å². The van der Waals surface area contributed by atoms with Gasteiger partial charge in [0.25, 0.3) is 0 Å². The van der Waals surface area contributed by atoms with Crippen LogP contribution in [0, 0.1) is 0 Å². The van der Waals surface area contributed by atoms with E-state index < -0.39 is 0 Å². The van der Waals surface area contributed by atoms with E-state index in [-0.39, 0.29) is 6.04 Å². The van der Waals surface area contributed by atoms with Gasteiger partial charge in [0.15, 0.2) is 5.82 Å². The first-order valence-electron chi connectivity index (χ1n) is 5.85. The van der Waals surface area contributed by atoms with Crippen LogP contribution in [-0.2, 0) is 0 Å². The molecule has 4 nitrogen and oxygen atoms in total. The van der Waals surface area contributed by atoms with Gasteiger partial charge in [-0.15, -0.1) is 0 Å². The molecule has 4 heteroatoms. The van der Waals surface area contributed by atoms with Crippen LogP contribution in [0.2, 0.25) is 0 Å². The molecule has 0 aliphatic carbocycles.